The predicted molar refractivity (Wildman–Crippen MR) is 153 cm³/mol. The predicted octanol–water partition coefficient (Wildman–Crippen LogP) is 6.17. The molecule has 0 bridgehead atoms. The van der Waals surface area contributed by atoms with Gasteiger partial charge in [-0.1, -0.05) is 35.3 Å². The zero-order valence-corrected chi connectivity index (χ0v) is 23.1. The fourth-order valence-corrected chi connectivity index (χ4v) is 5.24. The number of primary sulfonamides is 1. The van der Waals surface area contributed by atoms with Crippen molar-refractivity contribution < 1.29 is 12.8 Å². The molecule has 0 saturated heterocycles. The van der Waals surface area contributed by atoms with Crippen LogP contribution < -0.4 is 10.0 Å². The van der Waals surface area contributed by atoms with Crippen LogP contribution in [0.25, 0.3) is 0 Å². The third-order valence-corrected chi connectivity index (χ3v) is 7.50. The molecule has 4 aromatic rings. The average Bonchev–Trinajstić information content (AvgIpc) is 2.87. The topological polar surface area (TPSA) is 79.5 Å². The average molecular weight is 590 g/mol. The summed E-state index contributed by atoms with van der Waals surface area (Å²) in [6.45, 7) is 1.13. The Morgan fingerprint density at radius 2 is 1.37 bits per heavy atom. The minimum atomic E-state index is -3.87. The summed E-state index contributed by atoms with van der Waals surface area (Å²) in [4.78, 5) is 7.90. The van der Waals surface area contributed by atoms with E-state index in [9.17, 15) is 12.8 Å². The number of hydrogen-bond acceptors (Lipinski definition) is 4. The Morgan fingerprint density at radius 1 is 0.816 bits per heavy atom. The van der Waals surface area contributed by atoms with Gasteiger partial charge in [0.2, 0.25) is 10.0 Å². The quantitative estimate of drug-likeness (QED) is 0.248. The fraction of sp³-hybridized carbons (Fsp3) is 0.111. The van der Waals surface area contributed by atoms with Gasteiger partial charge in [0, 0.05) is 41.2 Å². The van der Waals surface area contributed by atoms with Crippen molar-refractivity contribution in [3.05, 3.63) is 124 Å². The summed E-state index contributed by atoms with van der Waals surface area (Å²) in [5.74, 6) is -0.350. The molecule has 1 heterocycles. The molecule has 3 aromatic carbocycles. The van der Waals surface area contributed by atoms with Crippen molar-refractivity contribution in [3.8, 4) is 0 Å². The van der Waals surface area contributed by atoms with Crippen LogP contribution in [0, 0.1) is 5.82 Å². The zero-order chi connectivity index (χ0) is 27.3. The van der Waals surface area contributed by atoms with Gasteiger partial charge in [-0.2, -0.15) is 0 Å². The molecule has 0 fully saturated rings. The van der Waals surface area contributed by atoms with Crippen molar-refractivity contribution in [1.29, 1.82) is 0 Å². The second-order valence-corrected chi connectivity index (χ2v) is 11.3. The van der Waals surface area contributed by atoms with Crippen LogP contribution in [0.4, 0.5) is 10.1 Å². The summed E-state index contributed by atoms with van der Waals surface area (Å²) >= 11 is 18.5. The lowest BCUT2D eigenvalue weighted by Crippen LogP contribution is -2.42. The van der Waals surface area contributed by atoms with Crippen molar-refractivity contribution >= 4 is 56.2 Å². The summed E-state index contributed by atoms with van der Waals surface area (Å²) < 4.78 is 37.2. The second-order valence-electron chi connectivity index (χ2n) is 8.52. The highest BCUT2D eigenvalue weighted by Crippen LogP contribution is 2.25. The first kappa shape index (κ1) is 27.9. The number of thiocarbonyl (C=S) groups is 1. The van der Waals surface area contributed by atoms with Gasteiger partial charge >= 0.3 is 0 Å². The van der Waals surface area contributed by atoms with Gasteiger partial charge in [0.25, 0.3) is 0 Å². The Balaban J connectivity index is 1.74. The standard InChI is InChI=1S/C27H23Cl2FN4O2S2/c28-22-13-21(14-23(29)15-22)17-33(16-20-9-11-32-12-10-20)27(37)34(18-19-1-3-24(30)4-2-19)25-5-7-26(8-6-25)38(31,35)36/h1-15H,16-18H2,(H2,31,35,36). The highest BCUT2D eigenvalue weighted by atomic mass is 35.5. The zero-order valence-electron chi connectivity index (χ0n) is 20.0. The molecule has 4 rings (SSSR count). The van der Waals surface area contributed by atoms with Crippen molar-refractivity contribution in [2.24, 2.45) is 5.14 Å². The molecule has 6 nitrogen and oxygen atoms in total. The molecule has 0 amide bonds. The smallest absolute Gasteiger partial charge is 0.238 e. The van der Waals surface area contributed by atoms with Crippen molar-refractivity contribution in [2.45, 2.75) is 24.5 Å². The number of sulfonamides is 1. The van der Waals surface area contributed by atoms with E-state index in [1.165, 1.54) is 24.3 Å². The molecule has 0 aliphatic rings. The molecule has 11 heteroatoms. The maximum atomic E-state index is 13.6. The molecule has 0 saturated carbocycles. The second kappa shape index (κ2) is 12.2. The van der Waals surface area contributed by atoms with E-state index in [1.807, 2.05) is 34.1 Å². The lowest BCUT2D eigenvalue weighted by Gasteiger charge is -2.34. The minimum Gasteiger partial charge on any atom is -0.340 e. The van der Waals surface area contributed by atoms with E-state index >= 15 is 0 Å². The molecule has 0 aliphatic heterocycles. The monoisotopic (exact) mass is 588 g/mol. The molecule has 0 unspecified atom stereocenters. The summed E-state index contributed by atoms with van der Waals surface area (Å²) in [5.41, 5.74) is 3.27. The van der Waals surface area contributed by atoms with Gasteiger partial charge in [-0.05, 0) is 95.6 Å². The van der Waals surface area contributed by atoms with Crippen molar-refractivity contribution in [2.75, 3.05) is 4.90 Å². The van der Waals surface area contributed by atoms with Gasteiger partial charge < -0.3 is 9.80 Å². The van der Waals surface area contributed by atoms with E-state index in [4.69, 9.17) is 40.6 Å². The van der Waals surface area contributed by atoms with Gasteiger partial charge in [0.1, 0.15) is 5.82 Å². The lowest BCUT2D eigenvalue weighted by atomic mass is 10.1. The number of halogens is 3. The largest absolute Gasteiger partial charge is 0.340 e. The van der Waals surface area contributed by atoms with Crippen LogP contribution in [0.2, 0.25) is 10.0 Å². The molecule has 0 atom stereocenters. The molecular weight excluding hydrogens is 566 g/mol. The normalized spacial score (nSPS) is 11.3. The Bertz CT molecular complexity index is 1500. The molecule has 2 N–H and O–H groups in total. The van der Waals surface area contributed by atoms with Crippen LogP contribution >= 0.6 is 35.4 Å². The molecule has 1 aromatic heterocycles. The number of rotatable bonds is 8. The fourth-order valence-electron chi connectivity index (χ4n) is 3.85. The number of pyridine rings is 1. The first-order valence-electron chi connectivity index (χ1n) is 11.4. The molecule has 0 radical (unpaired) electrons. The summed E-state index contributed by atoms with van der Waals surface area (Å²) in [6, 6.07) is 21.3. The van der Waals surface area contributed by atoms with Crippen LogP contribution in [0.3, 0.4) is 0 Å². The van der Waals surface area contributed by atoms with Crippen LogP contribution in [0.15, 0.2) is 96.2 Å². The summed E-state index contributed by atoms with van der Waals surface area (Å²) in [7, 11) is -3.87. The van der Waals surface area contributed by atoms with Crippen molar-refractivity contribution in [1.82, 2.24) is 9.88 Å². The first-order valence-corrected chi connectivity index (χ1v) is 14.1. The Kier molecular flexibility index (Phi) is 8.96. The van der Waals surface area contributed by atoms with E-state index in [0.29, 0.717) is 40.5 Å². The third kappa shape index (κ3) is 7.49. The van der Waals surface area contributed by atoms with E-state index in [2.05, 4.69) is 4.98 Å². The Hall–Kier alpha value is -3.08. The number of hydrogen-bond donors (Lipinski definition) is 1. The third-order valence-electron chi connectivity index (χ3n) is 5.65. The van der Waals surface area contributed by atoms with E-state index < -0.39 is 10.0 Å². The molecule has 0 spiro atoms. The van der Waals surface area contributed by atoms with Gasteiger partial charge in [0.15, 0.2) is 5.11 Å². The molecular formula is C27H23Cl2FN4O2S2. The van der Waals surface area contributed by atoms with Gasteiger partial charge in [-0.15, -0.1) is 0 Å². The Labute approximate surface area is 236 Å². The van der Waals surface area contributed by atoms with E-state index in [1.54, 1.807) is 42.7 Å². The van der Waals surface area contributed by atoms with E-state index in [0.717, 1.165) is 16.7 Å². The van der Waals surface area contributed by atoms with Crippen LogP contribution in [-0.4, -0.2) is 23.4 Å². The molecule has 38 heavy (non-hydrogen) atoms. The van der Waals surface area contributed by atoms with E-state index in [-0.39, 0.29) is 10.7 Å². The van der Waals surface area contributed by atoms with Crippen LogP contribution in [0.1, 0.15) is 16.7 Å². The maximum absolute atomic E-state index is 13.6. The minimum absolute atomic E-state index is 0.0175. The number of aromatic nitrogens is 1. The number of benzene rings is 3. The SMILES string of the molecule is NS(=O)(=O)c1ccc(N(Cc2ccc(F)cc2)C(=S)N(Cc2ccncc2)Cc2cc(Cl)cc(Cl)c2)cc1. The maximum Gasteiger partial charge on any atom is 0.238 e. The first-order chi connectivity index (χ1) is 18.1. The molecule has 0 aliphatic carbocycles. The van der Waals surface area contributed by atoms with Gasteiger partial charge in [-0.25, -0.2) is 17.9 Å². The Morgan fingerprint density at radius 3 is 1.95 bits per heavy atom. The number of nitrogens with two attached hydrogens (primary N) is 1. The summed E-state index contributed by atoms with van der Waals surface area (Å²) in [5, 5.41) is 6.74. The highest BCUT2D eigenvalue weighted by Gasteiger charge is 2.21. The lowest BCUT2D eigenvalue weighted by molar-refractivity contribution is 0.405. The van der Waals surface area contributed by atoms with Gasteiger partial charge in [0.05, 0.1) is 11.4 Å². The molecule has 196 valence electrons. The number of anilines is 1. The van der Waals surface area contributed by atoms with Crippen LogP contribution in [-0.2, 0) is 29.7 Å². The number of nitrogens with zero attached hydrogens (tertiary/aromatic N) is 3. The van der Waals surface area contributed by atoms with Crippen molar-refractivity contribution in [3.63, 3.8) is 0 Å². The van der Waals surface area contributed by atoms with Crippen LogP contribution in [0.5, 0.6) is 0 Å². The summed E-state index contributed by atoms with van der Waals surface area (Å²) in [6.07, 6.45) is 3.41. The van der Waals surface area contributed by atoms with Gasteiger partial charge in [-0.3, -0.25) is 4.98 Å². The highest BCUT2D eigenvalue weighted by molar-refractivity contribution is 7.89.